The highest BCUT2D eigenvalue weighted by atomic mass is 32.1. The summed E-state index contributed by atoms with van der Waals surface area (Å²) < 4.78 is 7.88. The van der Waals surface area contributed by atoms with Crippen molar-refractivity contribution in [3.05, 3.63) is 28.4 Å². The molecule has 7 nitrogen and oxygen atoms in total. The Morgan fingerprint density at radius 3 is 2.78 bits per heavy atom. The van der Waals surface area contributed by atoms with Crippen LogP contribution in [0.1, 0.15) is 53.8 Å². The molecule has 0 spiro atoms. The number of hydrogen-bond donors (Lipinski definition) is 0. The number of ether oxygens (including phenoxy) is 1. The number of rotatable bonds is 2. The van der Waals surface area contributed by atoms with Crippen molar-refractivity contribution in [3.63, 3.8) is 0 Å². The highest BCUT2D eigenvalue weighted by Crippen LogP contribution is 2.37. The second-order valence-electron chi connectivity index (χ2n) is 7.62. The van der Waals surface area contributed by atoms with E-state index in [9.17, 15) is 0 Å². The first-order chi connectivity index (χ1) is 13.1. The van der Waals surface area contributed by atoms with Crippen LogP contribution in [0.5, 0.6) is 0 Å². The minimum atomic E-state index is 0.312. The molecule has 0 amide bonds. The summed E-state index contributed by atoms with van der Waals surface area (Å²) in [5.41, 5.74) is 1.29. The van der Waals surface area contributed by atoms with Crippen LogP contribution < -0.4 is 4.90 Å². The number of hydrogen-bond acceptors (Lipinski definition) is 7. The van der Waals surface area contributed by atoms with E-state index in [1.807, 2.05) is 0 Å². The Balaban J connectivity index is 1.52. The van der Waals surface area contributed by atoms with Gasteiger partial charge in [-0.25, -0.2) is 9.97 Å². The van der Waals surface area contributed by atoms with Crippen molar-refractivity contribution in [2.75, 3.05) is 24.7 Å². The Morgan fingerprint density at radius 1 is 1.15 bits per heavy atom. The van der Waals surface area contributed by atoms with Gasteiger partial charge in [0.2, 0.25) is 0 Å². The molecule has 5 rings (SSSR count). The molecule has 0 saturated carbocycles. The van der Waals surface area contributed by atoms with Crippen molar-refractivity contribution in [1.29, 1.82) is 0 Å². The summed E-state index contributed by atoms with van der Waals surface area (Å²) in [6.45, 7) is 9.86. The maximum Gasteiger partial charge on any atom is 0.152 e. The van der Waals surface area contributed by atoms with E-state index in [0.29, 0.717) is 12.0 Å². The Labute approximate surface area is 162 Å². The Hall–Kier alpha value is -2.06. The number of nitrogens with zero attached hydrogens (tertiary/aromatic N) is 6. The standard InChI is InChI=1S/C19H24N6OS/c1-11-8-24(18-16-12(2)13(3)27-19(16)21-10-20-18)9-15-22-23-17(25(11)15)14-4-6-26-7-5-14/h10-11,14H,4-9H2,1-3H3/t11-/m0/s1. The van der Waals surface area contributed by atoms with Gasteiger partial charge in [-0.15, -0.1) is 21.5 Å². The van der Waals surface area contributed by atoms with Crippen molar-refractivity contribution in [2.45, 2.75) is 52.1 Å². The quantitative estimate of drug-likeness (QED) is 0.675. The molecule has 27 heavy (non-hydrogen) atoms. The first-order valence-corrected chi connectivity index (χ1v) is 10.4. The zero-order valence-corrected chi connectivity index (χ0v) is 16.8. The smallest absolute Gasteiger partial charge is 0.152 e. The highest BCUT2D eigenvalue weighted by Gasteiger charge is 2.32. The van der Waals surface area contributed by atoms with Gasteiger partial charge in [0.15, 0.2) is 5.82 Å². The van der Waals surface area contributed by atoms with Crippen LogP contribution >= 0.6 is 11.3 Å². The zero-order chi connectivity index (χ0) is 18.5. The minimum absolute atomic E-state index is 0.312. The van der Waals surface area contributed by atoms with Gasteiger partial charge in [0, 0.05) is 30.6 Å². The summed E-state index contributed by atoms with van der Waals surface area (Å²) in [7, 11) is 0. The van der Waals surface area contributed by atoms with Crippen LogP contribution in [0.4, 0.5) is 5.82 Å². The van der Waals surface area contributed by atoms with E-state index in [0.717, 1.165) is 61.4 Å². The van der Waals surface area contributed by atoms with Crippen LogP contribution in [-0.2, 0) is 11.3 Å². The Kier molecular flexibility index (Phi) is 4.12. The maximum atomic E-state index is 5.52. The molecular formula is C19H24N6OS. The molecule has 2 aliphatic heterocycles. The fourth-order valence-electron chi connectivity index (χ4n) is 4.36. The predicted octanol–water partition coefficient (Wildman–Crippen LogP) is 3.37. The van der Waals surface area contributed by atoms with Gasteiger partial charge in [0.05, 0.1) is 18.0 Å². The van der Waals surface area contributed by atoms with Crippen LogP contribution in [0.2, 0.25) is 0 Å². The molecule has 1 saturated heterocycles. The molecule has 142 valence electrons. The monoisotopic (exact) mass is 384 g/mol. The topological polar surface area (TPSA) is 69.0 Å². The van der Waals surface area contributed by atoms with Crippen LogP contribution in [0.3, 0.4) is 0 Å². The summed E-state index contributed by atoms with van der Waals surface area (Å²) in [6, 6.07) is 0.312. The van der Waals surface area contributed by atoms with Crippen molar-refractivity contribution in [1.82, 2.24) is 24.7 Å². The van der Waals surface area contributed by atoms with Crippen molar-refractivity contribution < 1.29 is 4.74 Å². The SMILES string of the molecule is Cc1sc2ncnc(N3Cc4nnc(C5CCOCC5)n4[C@@H](C)C3)c2c1C. The maximum absolute atomic E-state index is 5.52. The second kappa shape index (κ2) is 6.53. The molecule has 3 aromatic heterocycles. The molecule has 0 radical (unpaired) electrons. The molecule has 3 aromatic rings. The van der Waals surface area contributed by atoms with Crippen LogP contribution in [0, 0.1) is 13.8 Å². The molecule has 8 heteroatoms. The minimum Gasteiger partial charge on any atom is -0.381 e. The van der Waals surface area contributed by atoms with Gasteiger partial charge in [-0.1, -0.05) is 0 Å². The summed E-state index contributed by atoms with van der Waals surface area (Å²) in [6.07, 6.45) is 3.76. The molecule has 0 N–H and O–H groups in total. The van der Waals surface area contributed by atoms with Gasteiger partial charge in [-0.3, -0.25) is 0 Å². The van der Waals surface area contributed by atoms with Crippen molar-refractivity contribution >= 4 is 27.4 Å². The lowest BCUT2D eigenvalue weighted by Crippen LogP contribution is -2.38. The lowest BCUT2D eigenvalue weighted by molar-refractivity contribution is 0.0823. The second-order valence-corrected chi connectivity index (χ2v) is 8.82. The van der Waals surface area contributed by atoms with Gasteiger partial charge in [-0.2, -0.15) is 0 Å². The third-order valence-electron chi connectivity index (χ3n) is 5.88. The van der Waals surface area contributed by atoms with E-state index in [4.69, 9.17) is 4.74 Å². The number of fused-ring (bicyclic) bond motifs is 2. The van der Waals surface area contributed by atoms with Crippen molar-refractivity contribution in [2.24, 2.45) is 0 Å². The van der Waals surface area contributed by atoms with E-state index >= 15 is 0 Å². The summed E-state index contributed by atoms with van der Waals surface area (Å²) in [5, 5.41) is 10.3. The third kappa shape index (κ3) is 2.73. The van der Waals surface area contributed by atoms with E-state index in [1.165, 1.54) is 15.8 Å². The molecule has 0 bridgehead atoms. The number of aromatic nitrogens is 5. The van der Waals surface area contributed by atoms with Gasteiger partial charge in [0.25, 0.3) is 0 Å². The fourth-order valence-corrected chi connectivity index (χ4v) is 5.35. The van der Waals surface area contributed by atoms with Crippen LogP contribution in [-0.4, -0.2) is 44.5 Å². The van der Waals surface area contributed by atoms with E-state index in [-0.39, 0.29) is 0 Å². The summed E-state index contributed by atoms with van der Waals surface area (Å²) >= 11 is 1.74. The predicted molar refractivity (Wildman–Crippen MR) is 105 cm³/mol. The molecule has 0 unspecified atom stereocenters. The average molecular weight is 385 g/mol. The molecule has 1 atom stereocenters. The van der Waals surface area contributed by atoms with Crippen LogP contribution in [0.15, 0.2) is 6.33 Å². The zero-order valence-electron chi connectivity index (χ0n) is 16.0. The highest BCUT2D eigenvalue weighted by molar-refractivity contribution is 7.18. The van der Waals surface area contributed by atoms with Gasteiger partial charge in [0.1, 0.15) is 22.8 Å². The Morgan fingerprint density at radius 2 is 1.96 bits per heavy atom. The van der Waals surface area contributed by atoms with Gasteiger partial charge < -0.3 is 14.2 Å². The van der Waals surface area contributed by atoms with E-state index in [2.05, 4.69) is 50.4 Å². The largest absolute Gasteiger partial charge is 0.381 e. The number of anilines is 1. The van der Waals surface area contributed by atoms with E-state index < -0.39 is 0 Å². The van der Waals surface area contributed by atoms with Crippen molar-refractivity contribution in [3.8, 4) is 0 Å². The lowest BCUT2D eigenvalue weighted by atomic mass is 9.99. The fraction of sp³-hybridized carbons (Fsp3) is 0.579. The molecular weight excluding hydrogens is 360 g/mol. The Bertz CT molecular complexity index is 990. The molecule has 0 aliphatic carbocycles. The van der Waals surface area contributed by atoms with Crippen LogP contribution in [0.25, 0.3) is 10.2 Å². The third-order valence-corrected chi connectivity index (χ3v) is 7.00. The molecule has 2 aliphatic rings. The van der Waals surface area contributed by atoms with E-state index in [1.54, 1.807) is 17.7 Å². The normalized spacial score (nSPS) is 21.0. The number of aryl methyl sites for hydroxylation is 2. The molecule has 1 fully saturated rings. The first-order valence-electron chi connectivity index (χ1n) is 9.60. The van der Waals surface area contributed by atoms with Gasteiger partial charge in [-0.05, 0) is 39.2 Å². The molecule has 0 aromatic carbocycles. The lowest BCUT2D eigenvalue weighted by Gasteiger charge is -2.35. The molecule has 5 heterocycles. The summed E-state index contributed by atoms with van der Waals surface area (Å²) in [5.74, 6) is 3.65. The summed E-state index contributed by atoms with van der Waals surface area (Å²) in [4.78, 5) is 13.9. The first kappa shape index (κ1) is 17.1. The van der Waals surface area contributed by atoms with Gasteiger partial charge >= 0.3 is 0 Å². The average Bonchev–Trinajstić information content (AvgIpc) is 3.24. The number of thiophene rings is 1.